The molecule has 210 valence electrons. The number of halogens is 3. The average molecular weight is 574 g/mol. The monoisotopic (exact) mass is 573 g/mol. The number of benzene rings is 1. The van der Waals surface area contributed by atoms with Crippen LogP contribution in [0.5, 0.6) is 5.88 Å². The Hall–Kier alpha value is -3.84. The summed E-state index contributed by atoms with van der Waals surface area (Å²) in [6.07, 6.45) is -1.72. The molecule has 40 heavy (non-hydrogen) atoms. The molecule has 3 unspecified atom stereocenters. The summed E-state index contributed by atoms with van der Waals surface area (Å²) in [7, 11) is -1.54. The number of alkyl halides is 3. The molecule has 0 bridgehead atoms. The van der Waals surface area contributed by atoms with Crippen LogP contribution in [0.1, 0.15) is 53.8 Å². The quantitative estimate of drug-likeness (QED) is 0.340. The highest BCUT2D eigenvalue weighted by molar-refractivity contribution is 7.82. The minimum atomic E-state index is -4.68. The molecule has 0 amide bonds. The lowest BCUT2D eigenvalue weighted by Gasteiger charge is -2.24. The van der Waals surface area contributed by atoms with Crippen LogP contribution in [0.2, 0.25) is 0 Å². The number of aliphatic carboxylic acids is 1. The Morgan fingerprint density at radius 1 is 1.20 bits per heavy atom. The van der Waals surface area contributed by atoms with Crippen LogP contribution in [0.25, 0.3) is 5.65 Å². The number of carbonyl (C=O) groups is 1. The van der Waals surface area contributed by atoms with E-state index in [1.165, 1.54) is 18.3 Å². The standard InChI is InChI=1S/C27H26F3N5O4S/c1-3-20-15-34(40(38)22-5-4-9-31-25(22)39-20)14-19-11-17(7-6-16(19)2)21(13-24(36)37)18-8-10-35-23(12-18)32-33-26(35)27(28,29)30/h4-12,20-21H,3,13-15H2,1-2H3,(H,36,37). The molecule has 5 rings (SSSR count). The van der Waals surface area contributed by atoms with Gasteiger partial charge in [-0.3, -0.25) is 9.20 Å². The minimum absolute atomic E-state index is 0.0367. The number of aromatic nitrogens is 4. The number of pyridine rings is 2. The number of hydrogen-bond acceptors (Lipinski definition) is 6. The van der Waals surface area contributed by atoms with E-state index in [1.807, 2.05) is 26.0 Å². The van der Waals surface area contributed by atoms with Crippen LogP contribution in [0.4, 0.5) is 13.2 Å². The second-order valence-corrected chi connectivity index (χ2v) is 11.0. The van der Waals surface area contributed by atoms with Crippen molar-refractivity contribution in [2.75, 3.05) is 6.54 Å². The largest absolute Gasteiger partial charge is 0.481 e. The van der Waals surface area contributed by atoms with Gasteiger partial charge in [0.15, 0.2) is 5.65 Å². The fraction of sp³-hybridized carbons (Fsp3) is 0.333. The lowest BCUT2D eigenvalue weighted by Crippen LogP contribution is -2.33. The van der Waals surface area contributed by atoms with E-state index in [2.05, 4.69) is 15.2 Å². The van der Waals surface area contributed by atoms with Gasteiger partial charge in [0.05, 0.1) is 6.42 Å². The molecule has 0 saturated carbocycles. The molecule has 13 heteroatoms. The smallest absolute Gasteiger partial charge is 0.452 e. The maximum Gasteiger partial charge on any atom is 0.452 e. The third-order valence-corrected chi connectivity index (χ3v) is 8.32. The molecule has 0 spiro atoms. The normalized spacial score (nSPS) is 18.6. The maximum absolute atomic E-state index is 13.5. The molecule has 1 aliphatic rings. The first-order valence-electron chi connectivity index (χ1n) is 12.6. The number of carboxylic acid groups (broad SMARTS) is 1. The number of aryl methyl sites for hydroxylation is 1. The molecule has 3 atom stereocenters. The highest BCUT2D eigenvalue weighted by atomic mass is 32.2. The molecule has 1 aliphatic heterocycles. The van der Waals surface area contributed by atoms with E-state index in [0.717, 1.165) is 15.5 Å². The number of nitrogens with zero attached hydrogens (tertiary/aromatic N) is 5. The summed E-state index contributed by atoms with van der Waals surface area (Å²) in [5.41, 5.74) is 2.87. The van der Waals surface area contributed by atoms with Gasteiger partial charge in [0, 0.05) is 31.4 Å². The third-order valence-electron chi connectivity index (χ3n) is 6.89. The Kier molecular flexibility index (Phi) is 7.60. The number of ether oxygens (including phenoxy) is 1. The van der Waals surface area contributed by atoms with Crippen molar-refractivity contribution in [3.05, 3.63) is 82.9 Å². The van der Waals surface area contributed by atoms with Crippen LogP contribution in [-0.2, 0) is 28.5 Å². The van der Waals surface area contributed by atoms with Crippen LogP contribution in [0.15, 0.2) is 59.8 Å². The summed E-state index contributed by atoms with van der Waals surface area (Å²) >= 11 is 0. The van der Waals surface area contributed by atoms with Crippen LogP contribution in [0, 0.1) is 6.92 Å². The van der Waals surface area contributed by atoms with Gasteiger partial charge in [-0.25, -0.2) is 13.5 Å². The number of rotatable bonds is 7. The Morgan fingerprint density at radius 3 is 2.70 bits per heavy atom. The van der Waals surface area contributed by atoms with E-state index in [4.69, 9.17) is 4.74 Å². The lowest BCUT2D eigenvalue weighted by atomic mass is 9.87. The van der Waals surface area contributed by atoms with Crippen molar-refractivity contribution in [3.8, 4) is 5.88 Å². The molecule has 0 saturated heterocycles. The summed E-state index contributed by atoms with van der Waals surface area (Å²) < 4.78 is 62.0. The maximum atomic E-state index is 13.5. The summed E-state index contributed by atoms with van der Waals surface area (Å²) in [5.74, 6) is -2.54. The predicted octanol–water partition coefficient (Wildman–Crippen LogP) is 4.75. The van der Waals surface area contributed by atoms with Crippen molar-refractivity contribution in [2.45, 2.75) is 56.3 Å². The van der Waals surface area contributed by atoms with E-state index in [9.17, 15) is 27.3 Å². The molecule has 0 radical (unpaired) electrons. The highest BCUT2D eigenvalue weighted by Gasteiger charge is 2.37. The second kappa shape index (κ2) is 11.0. The molecular weight excluding hydrogens is 547 g/mol. The summed E-state index contributed by atoms with van der Waals surface area (Å²) in [6, 6.07) is 11.8. The first-order valence-corrected chi connectivity index (χ1v) is 13.7. The topological polar surface area (TPSA) is 110 Å². The molecular formula is C27H26F3N5O4S. The Balaban J connectivity index is 1.50. The summed E-state index contributed by atoms with van der Waals surface area (Å²) in [6.45, 7) is 4.59. The third kappa shape index (κ3) is 5.56. The van der Waals surface area contributed by atoms with Gasteiger partial charge in [0.2, 0.25) is 11.7 Å². The zero-order valence-corrected chi connectivity index (χ0v) is 22.4. The van der Waals surface area contributed by atoms with E-state index in [1.54, 1.807) is 28.7 Å². The van der Waals surface area contributed by atoms with Gasteiger partial charge < -0.3 is 9.84 Å². The van der Waals surface area contributed by atoms with E-state index in [-0.39, 0.29) is 18.2 Å². The molecule has 1 N–H and O–H groups in total. The van der Waals surface area contributed by atoms with Gasteiger partial charge in [-0.15, -0.1) is 10.2 Å². The summed E-state index contributed by atoms with van der Waals surface area (Å²) in [5, 5.41) is 16.6. The van der Waals surface area contributed by atoms with E-state index in [0.29, 0.717) is 41.4 Å². The zero-order chi connectivity index (χ0) is 28.6. The van der Waals surface area contributed by atoms with Crippen molar-refractivity contribution < 1.29 is 32.0 Å². The van der Waals surface area contributed by atoms with Crippen LogP contribution in [-0.4, -0.2) is 51.8 Å². The van der Waals surface area contributed by atoms with Crippen LogP contribution >= 0.6 is 0 Å². The van der Waals surface area contributed by atoms with Gasteiger partial charge in [-0.1, -0.05) is 25.1 Å². The van der Waals surface area contributed by atoms with Gasteiger partial charge in [0.25, 0.3) is 0 Å². The van der Waals surface area contributed by atoms with Crippen LogP contribution < -0.4 is 4.74 Å². The van der Waals surface area contributed by atoms with Gasteiger partial charge in [-0.2, -0.15) is 13.2 Å². The molecule has 3 aromatic heterocycles. The number of hydrogen-bond donors (Lipinski definition) is 1. The average Bonchev–Trinajstić information content (AvgIpc) is 3.30. The van der Waals surface area contributed by atoms with Gasteiger partial charge in [-0.05, 0) is 59.9 Å². The second-order valence-electron chi connectivity index (χ2n) is 9.57. The van der Waals surface area contributed by atoms with Crippen molar-refractivity contribution in [1.29, 1.82) is 0 Å². The van der Waals surface area contributed by atoms with Gasteiger partial charge >= 0.3 is 12.1 Å². The molecule has 0 aliphatic carbocycles. The number of carboxylic acids is 1. The zero-order valence-electron chi connectivity index (χ0n) is 21.6. The van der Waals surface area contributed by atoms with E-state index >= 15 is 0 Å². The van der Waals surface area contributed by atoms with Crippen molar-refractivity contribution in [3.63, 3.8) is 0 Å². The number of fused-ring (bicyclic) bond motifs is 2. The Bertz CT molecular complexity index is 1590. The fourth-order valence-corrected chi connectivity index (χ4v) is 6.03. The Morgan fingerprint density at radius 2 is 1.98 bits per heavy atom. The van der Waals surface area contributed by atoms with Crippen molar-refractivity contribution in [2.24, 2.45) is 0 Å². The van der Waals surface area contributed by atoms with E-state index < -0.39 is 34.9 Å². The molecule has 4 aromatic rings. The molecule has 4 heterocycles. The molecule has 1 aromatic carbocycles. The minimum Gasteiger partial charge on any atom is -0.481 e. The van der Waals surface area contributed by atoms with Gasteiger partial charge in [0.1, 0.15) is 22.0 Å². The van der Waals surface area contributed by atoms with Crippen molar-refractivity contribution in [1.82, 2.24) is 23.9 Å². The predicted molar refractivity (Wildman–Crippen MR) is 139 cm³/mol. The highest BCUT2D eigenvalue weighted by Crippen LogP contribution is 2.34. The van der Waals surface area contributed by atoms with Crippen molar-refractivity contribution >= 4 is 22.6 Å². The van der Waals surface area contributed by atoms with Crippen LogP contribution in [0.3, 0.4) is 0 Å². The molecule has 0 fully saturated rings. The summed E-state index contributed by atoms with van der Waals surface area (Å²) in [4.78, 5) is 16.6. The fourth-order valence-electron chi connectivity index (χ4n) is 4.75. The first-order chi connectivity index (χ1) is 19.0. The lowest BCUT2D eigenvalue weighted by molar-refractivity contribution is -0.145. The first kappa shape index (κ1) is 27.7. The Labute approximate surface area is 230 Å². The molecule has 9 nitrogen and oxygen atoms in total. The SMILES string of the molecule is CCC1CN(Cc2cc(C(CC(=O)O)c3ccn4c(C(F)(F)F)nnc4c3)ccc2C)S(=O)c2cccnc2O1.